The number of anilines is 1. The molecule has 0 aromatic carbocycles. The molecule has 3 heterocycles. The van der Waals surface area contributed by atoms with Crippen LogP contribution in [0.3, 0.4) is 0 Å². The summed E-state index contributed by atoms with van der Waals surface area (Å²) in [6.45, 7) is 17.2. The molecule has 0 bridgehead atoms. The molecular formula is C26H38FN5. The number of piperidine rings is 1. The van der Waals surface area contributed by atoms with E-state index in [1.165, 1.54) is 5.70 Å². The summed E-state index contributed by atoms with van der Waals surface area (Å²) in [5.41, 5.74) is 9.27. The molecule has 2 saturated heterocycles. The van der Waals surface area contributed by atoms with Gasteiger partial charge in [-0.2, -0.15) is 0 Å². The van der Waals surface area contributed by atoms with Crippen molar-refractivity contribution in [2.24, 2.45) is 17.6 Å². The first kappa shape index (κ1) is 24.0. The van der Waals surface area contributed by atoms with Crippen LogP contribution in [0.4, 0.5) is 10.2 Å². The average Bonchev–Trinajstić information content (AvgIpc) is 3.29. The lowest BCUT2D eigenvalue weighted by Crippen LogP contribution is -2.39. The topological polar surface area (TPSA) is 58.3 Å². The maximum atomic E-state index is 14.1. The minimum absolute atomic E-state index is 0.00940. The third kappa shape index (κ3) is 5.40. The third-order valence-electron chi connectivity index (χ3n) is 6.60. The summed E-state index contributed by atoms with van der Waals surface area (Å²) >= 11 is 0. The van der Waals surface area contributed by atoms with Gasteiger partial charge in [-0.3, -0.25) is 0 Å². The van der Waals surface area contributed by atoms with E-state index in [2.05, 4.69) is 45.9 Å². The van der Waals surface area contributed by atoms with Crippen molar-refractivity contribution < 1.29 is 4.39 Å². The number of rotatable bonds is 5. The number of nitrogens with two attached hydrogens (primary N) is 1. The largest absolute Gasteiger partial charge is 0.397 e. The predicted octanol–water partition coefficient (Wildman–Crippen LogP) is 5.45. The summed E-state index contributed by atoms with van der Waals surface area (Å²) in [6, 6.07) is 2.18. The van der Waals surface area contributed by atoms with Crippen LogP contribution in [0.1, 0.15) is 58.6 Å². The zero-order valence-electron chi connectivity index (χ0n) is 19.9. The lowest BCUT2D eigenvalue weighted by molar-refractivity contribution is 0.286. The van der Waals surface area contributed by atoms with Crippen molar-refractivity contribution in [3.05, 3.63) is 60.5 Å². The smallest absolute Gasteiger partial charge is 0.132 e. The molecule has 0 saturated carbocycles. The molecule has 2 unspecified atom stereocenters. The molecule has 0 spiro atoms. The highest BCUT2D eigenvalue weighted by Crippen LogP contribution is 2.37. The van der Waals surface area contributed by atoms with Gasteiger partial charge in [-0.25, -0.2) is 14.4 Å². The number of likely N-dealkylation sites (tertiary alicyclic amines) is 1. The van der Waals surface area contributed by atoms with Crippen LogP contribution in [-0.2, 0) is 0 Å². The lowest BCUT2D eigenvalue weighted by Gasteiger charge is -2.39. The van der Waals surface area contributed by atoms with E-state index < -0.39 is 0 Å². The second kappa shape index (κ2) is 10.8. The highest BCUT2D eigenvalue weighted by Gasteiger charge is 2.33. The Kier molecular flexibility index (Phi) is 8.10. The fraction of sp³-hybridized carbons (Fsp3) is 0.538. The van der Waals surface area contributed by atoms with Crippen LogP contribution in [0.5, 0.6) is 0 Å². The molecule has 6 heteroatoms. The number of hydrogen-bond acceptors (Lipinski definition) is 5. The Morgan fingerprint density at radius 1 is 1.12 bits per heavy atom. The summed E-state index contributed by atoms with van der Waals surface area (Å²) in [6.07, 6.45) is 10.4. The first-order valence-corrected chi connectivity index (χ1v) is 12.0. The molecule has 4 rings (SSSR count). The SMILES string of the molecule is C=C(N)c1cc(N2CCC(C(=C)N3CCCC3C3=CC(C)CC(F)=C3)CC2)ncn1.CC. The molecule has 1 aromatic rings. The monoisotopic (exact) mass is 439 g/mol. The van der Waals surface area contributed by atoms with Crippen molar-refractivity contribution in [3.63, 3.8) is 0 Å². The van der Waals surface area contributed by atoms with Crippen molar-refractivity contribution in [1.82, 2.24) is 14.9 Å². The van der Waals surface area contributed by atoms with Gasteiger partial charge < -0.3 is 15.5 Å². The molecule has 0 radical (unpaired) electrons. The third-order valence-corrected chi connectivity index (χ3v) is 6.60. The Balaban J connectivity index is 0.00000141. The van der Waals surface area contributed by atoms with E-state index in [0.717, 1.165) is 56.7 Å². The summed E-state index contributed by atoms with van der Waals surface area (Å²) < 4.78 is 14.1. The first-order chi connectivity index (χ1) is 15.4. The zero-order valence-corrected chi connectivity index (χ0v) is 19.9. The molecule has 2 aliphatic heterocycles. The van der Waals surface area contributed by atoms with Crippen molar-refractivity contribution in [2.45, 2.75) is 58.9 Å². The molecule has 5 nitrogen and oxygen atoms in total. The molecular weight excluding hydrogens is 401 g/mol. The summed E-state index contributed by atoms with van der Waals surface area (Å²) in [5, 5.41) is 0. The molecule has 2 atom stereocenters. The maximum Gasteiger partial charge on any atom is 0.132 e. The summed E-state index contributed by atoms with van der Waals surface area (Å²) in [7, 11) is 0. The lowest BCUT2D eigenvalue weighted by atomic mass is 9.89. The molecule has 1 aliphatic carbocycles. The first-order valence-electron chi connectivity index (χ1n) is 12.0. The van der Waals surface area contributed by atoms with Gasteiger partial charge in [-0.1, -0.05) is 40.0 Å². The fourth-order valence-electron chi connectivity index (χ4n) is 5.02. The molecule has 174 valence electrons. The number of halogens is 1. The van der Waals surface area contributed by atoms with Gasteiger partial charge in [0, 0.05) is 43.7 Å². The van der Waals surface area contributed by atoms with Gasteiger partial charge in [-0.15, -0.1) is 0 Å². The standard InChI is InChI=1S/C24H32FN5.C2H6/c1-16-11-20(13-21(25)12-16)23-5-4-8-30(23)18(3)19-6-9-29(10-7-19)24-14-22(17(2)26)27-15-28-24;1-2/h11,13-16,19,23H,2-10,12,26H2,1H3;1-2H3. The molecule has 1 aromatic heterocycles. The van der Waals surface area contributed by atoms with Gasteiger partial charge in [0.25, 0.3) is 0 Å². The minimum atomic E-state index is 0.00940. The summed E-state index contributed by atoms with van der Waals surface area (Å²) in [5.74, 6) is 1.63. The van der Waals surface area contributed by atoms with Gasteiger partial charge in [0.05, 0.1) is 17.4 Å². The highest BCUT2D eigenvalue weighted by atomic mass is 19.1. The fourth-order valence-corrected chi connectivity index (χ4v) is 5.02. The second-order valence-corrected chi connectivity index (χ2v) is 8.83. The Morgan fingerprint density at radius 3 is 2.50 bits per heavy atom. The average molecular weight is 440 g/mol. The predicted molar refractivity (Wildman–Crippen MR) is 131 cm³/mol. The maximum absolute atomic E-state index is 14.1. The van der Waals surface area contributed by atoms with Crippen LogP contribution in [-0.4, -0.2) is 40.5 Å². The number of hydrogen-bond donors (Lipinski definition) is 1. The van der Waals surface area contributed by atoms with Gasteiger partial charge in [0.1, 0.15) is 18.0 Å². The van der Waals surface area contributed by atoms with Crippen LogP contribution < -0.4 is 10.6 Å². The van der Waals surface area contributed by atoms with Gasteiger partial charge in [-0.05, 0) is 43.3 Å². The van der Waals surface area contributed by atoms with E-state index in [-0.39, 0.29) is 17.8 Å². The Bertz CT molecular complexity index is 882. The van der Waals surface area contributed by atoms with E-state index >= 15 is 0 Å². The van der Waals surface area contributed by atoms with Crippen molar-refractivity contribution in [3.8, 4) is 0 Å². The van der Waals surface area contributed by atoms with Crippen LogP contribution in [0.2, 0.25) is 0 Å². The number of aromatic nitrogens is 2. The zero-order chi connectivity index (χ0) is 23.3. The number of nitrogens with zero attached hydrogens (tertiary/aromatic N) is 4. The second-order valence-electron chi connectivity index (χ2n) is 8.83. The molecule has 2 fully saturated rings. The van der Waals surface area contributed by atoms with E-state index in [9.17, 15) is 4.39 Å². The molecule has 2 N–H and O–H groups in total. The van der Waals surface area contributed by atoms with Crippen LogP contribution in [0.25, 0.3) is 5.70 Å². The Morgan fingerprint density at radius 2 is 1.84 bits per heavy atom. The van der Waals surface area contributed by atoms with Gasteiger partial charge >= 0.3 is 0 Å². The van der Waals surface area contributed by atoms with Gasteiger partial charge in [0.2, 0.25) is 0 Å². The molecule has 0 amide bonds. The van der Waals surface area contributed by atoms with E-state index in [1.807, 2.05) is 19.9 Å². The van der Waals surface area contributed by atoms with Gasteiger partial charge in [0.15, 0.2) is 0 Å². The van der Waals surface area contributed by atoms with E-state index in [0.29, 0.717) is 23.7 Å². The summed E-state index contributed by atoms with van der Waals surface area (Å²) in [4.78, 5) is 13.3. The Hall–Kier alpha value is -2.63. The number of allylic oxidation sites excluding steroid dienone is 3. The van der Waals surface area contributed by atoms with Crippen LogP contribution >= 0.6 is 0 Å². The molecule has 32 heavy (non-hydrogen) atoms. The normalized spacial score (nSPS) is 23.8. The quantitative estimate of drug-likeness (QED) is 0.661. The molecule has 3 aliphatic rings. The van der Waals surface area contributed by atoms with E-state index in [1.54, 1.807) is 12.4 Å². The van der Waals surface area contributed by atoms with E-state index in [4.69, 9.17) is 5.73 Å². The Labute approximate surface area is 192 Å². The highest BCUT2D eigenvalue weighted by molar-refractivity contribution is 5.59. The van der Waals surface area contributed by atoms with Crippen LogP contribution in [0, 0.1) is 11.8 Å². The van der Waals surface area contributed by atoms with Crippen molar-refractivity contribution in [2.75, 3.05) is 24.5 Å². The van der Waals surface area contributed by atoms with Crippen molar-refractivity contribution in [1.29, 1.82) is 0 Å². The minimum Gasteiger partial charge on any atom is -0.397 e. The van der Waals surface area contributed by atoms with Crippen molar-refractivity contribution >= 4 is 11.5 Å². The van der Waals surface area contributed by atoms with Crippen LogP contribution in [0.15, 0.2) is 54.8 Å².